The molecule has 0 aromatic rings. The largest absolute Gasteiger partial charge is 4.00 e. The van der Waals surface area contributed by atoms with E-state index >= 15 is 0 Å². The molecule has 0 aromatic heterocycles. The van der Waals surface area contributed by atoms with Crippen LogP contribution in [0.25, 0.3) is 0 Å². The summed E-state index contributed by atoms with van der Waals surface area (Å²) in [5.74, 6) is 0. The maximum atomic E-state index is 11.7. The van der Waals surface area contributed by atoms with Crippen LogP contribution in [0.5, 0.6) is 0 Å². The van der Waals surface area contributed by atoms with Crippen molar-refractivity contribution in [2.75, 3.05) is 0 Å². The number of hydrogen-bond donors (Lipinski definition) is 0. The second kappa shape index (κ2) is 16.4. The van der Waals surface area contributed by atoms with Gasteiger partial charge < -0.3 is 41.1 Å². The van der Waals surface area contributed by atoms with Crippen molar-refractivity contribution < 1.29 is 39.9 Å². The van der Waals surface area contributed by atoms with Crippen molar-refractivity contribution in [1.29, 1.82) is 0 Å². The quantitative estimate of drug-likeness (QED) is 0.237. The zero-order valence-electron chi connectivity index (χ0n) is 32.4. The first kappa shape index (κ1) is 46.0. The Morgan fingerprint density at radius 2 is 0.356 bits per heavy atom. The molecule has 0 atom stereocenters. The summed E-state index contributed by atoms with van der Waals surface area (Å²) in [7, 11) is 0. The topological polar surface area (TPSA) is 105 Å². The molecule has 4 aliphatic rings. The van der Waals surface area contributed by atoms with E-state index in [1.165, 1.54) is 45.9 Å². The van der Waals surface area contributed by atoms with Gasteiger partial charge in [-0.25, -0.2) is 0 Å². The fraction of sp³-hybridized carbons (Fsp3) is 1.00. The number of rotatable bonds is 0. The smallest absolute Gasteiger partial charge is 0.784 e. The Labute approximate surface area is 311 Å². The molecule has 8 nitrogen and oxygen atoms in total. The summed E-state index contributed by atoms with van der Waals surface area (Å²) >= 11 is 0. The van der Waals surface area contributed by atoms with E-state index in [9.17, 15) is 20.8 Å². The molecule has 45 heavy (non-hydrogen) atoms. The minimum absolute atomic E-state index is 0. The van der Waals surface area contributed by atoms with Crippen LogP contribution in [0, 0.1) is 60.8 Å². The third-order valence-corrected chi connectivity index (χ3v) is 10.7. The summed E-state index contributed by atoms with van der Waals surface area (Å²) in [6, 6.07) is 0. The molecular formula is C36H72N4O4Th. The molecular weight excluding hydrogens is 784 g/mol. The number of hydroxylamine groups is 8. The first-order valence-corrected chi connectivity index (χ1v) is 17.3. The molecule has 4 aliphatic heterocycles. The second-order valence-electron chi connectivity index (χ2n) is 19.1. The van der Waals surface area contributed by atoms with Gasteiger partial charge in [0.2, 0.25) is 0 Å². The number of piperidine rings is 4. The predicted molar refractivity (Wildman–Crippen MR) is 189 cm³/mol. The van der Waals surface area contributed by atoms with E-state index in [0.29, 0.717) is 0 Å². The van der Waals surface area contributed by atoms with Crippen molar-refractivity contribution in [3.8, 4) is 0 Å². The van der Waals surface area contributed by atoms with Crippen LogP contribution in [0.1, 0.15) is 188 Å². The summed E-state index contributed by atoms with van der Waals surface area (Å²) in [5.41, 5.74) is -1.21. The average Bonchev–Trinajstić information content (AvgIpc) is 2.84. The zero-order valence-corrected chi connectivity index (χ0v) is 36.5. The normalized spacial score (nSPS) is 29.6. The molecule has 4 fully saturated rings. The minimum atomic E-state index is -0.151. The van der Waals surface area contributed by atoms with Gasteiger partial charge in [-0.15, -0.1) is 0 Å². The molecule has 0 saturated carbocycles. The van der Waals surface area contributed by atoms with E-state index in [1.807, 2.05) is 111 Å². The van der Waals surface area contributed by atoms with Crippen molar-refractivity contribution in [3.63, 3.8) is 0 Å². The molecule has 9 heteroatoms. The standard InChI is InChI=1S/4C9H18NO.Th/c4*1-8(2)6-5-7-9(3,4)10(8)11;/h4*5-7H2,1-4H3;/q4*-1;+4. The summed E-state index contributed by atoms with van der Waals surface area (Å²) in [6.07, 6.45) is 12.9. The van der Waals surface area contributed by atoms with Gasteiger partial charge >= 0.3 is 39.9 Å². The fourth-order valence-electron chi connectivity index (χ4n) is 7.90. The fourth-order valence-corrected chi connectivity index (χ4v) is 7.90. The van der Waals surface area contributed by atoms with Gasteiger partial charge in [-0.05, 0) is 188 Å². The maximum Gasteiger partial charge on any atom is 4.00 e. The van der Waals surface area contributed by atoms with Crippen LogP contribution in [-0.4, -0.2) is 64.6 Å². The van der Waals surface area contributed by atoms with E-state index in [1.54, 1.807) is 0 Å². The molecule has 0 N–H and O–H groups in total. The molecule has 264 valence electrons. The van der Waals surface area contributed by atoms with Gasteiger partial charge in [0, 0.05) is 44.3 Å². The Kier molecular flexibility index (Phi) is 16.7. The van der Waals surface area contributed by atoms with Gasteiger partial charge in [0.1, 0.15) is 0 Å². The van der Waals surface area contributed by atoms with Crippen LogP contribution < -0.4 is 0 Å². The molecule has 0 unspecified atom stereocenters. The molecule has 4 heterocycles. The van der Waals surface area contributed by atoms with Crippen LogP contribution in [0.2, 0.25) is 0 Å². The Balaban J connectivity index is 0.000000569. The Hall–Kier alpha value is 1.00. The Morgan fingerprint density at radius 1 is 0.267 bits per heavy atom. The molecule has 0 bridgehead atoms. The van der Waals surface area contributed by atoms with Crippen LogP contribution in [0.15, 0.2) is 0 Å². The first-order valence-electron chi connectivity index (χ1n) is 17.3. The summed E-state index contributed by atoms with van der Waals surface area (Å²) < 4.78 is 0. The summed E-state index contributed by atoms with van der Waals surface area (Å²) in [6.45, 7) is 32.5. The maximum absolute atomic E-state index is 11.7. The average molecular weight is 857 g/mol. The van der Waals surface area contributed by atoms with E-state index in [0.717, 1.165) is 51.4 Å². The van der Waals surface area contributed by atoms with E-state index in [2.05, 4.69) is 0 Å². The molecule has 0 aromatic carbocycles. The molecule has 0 amide bonds. The molecule has 0 radical (unpaired) electrons. The molecule has 4 saturated heterocycles. The first-order chi connectivity index (χ1) is 19.4. The molecule has 0 spiro atoms. The zero-order chi connectivity index (χ0) is 34.8. The van der Waals surface area contributed by atoms with Gasteiger partial charge in [-0.3, -0.25) is 0 Å². The van der Waals surface area contributed by atoms with Crippen LogP contribution in [0.4, 0.5) is 0 Å². The Bertz CT molecular complexity index is 693. The van der Waals surface area contributed by atoms with Crippen molar-refractivity contribution in [2.24, 2.45) is 0 Å². The van der Waals surface area contributed by atoms with Gasteiger partial charge in [0.05, 0.1) is 0 Å². The molecule has 0 aliphatic carbocycles. The van der Waals surface area contributed by atoms with Crippen LogP contribution >= 0.6 is 0 Å². The van der Waals surface area contributed by atoms with Crippen molar-refractivity contribution in [3.05, 3.63) is 20.8 Å². The van der Waals surface area contributed by atoms with Gasteiger partial charge in [-0.1, -0.05) is 0 Å². The van der Waals surface area contributed by atoms with Crippen molar-refractivity contribution in [2.45, 2.75) is 232 Å². The van der Waals surface area contributed by atoms with E-state index < -0.39 is 0 Å². The van der Waals surface area contributed by atoms with Gasteiger partial charge in [0.25, 0.3) is 0 Å². The number of nitrogens with zero attached hydrogens (tertiary/aromatic N) is 4. The SMILES string of the molecule is CC1(C)CCCC(C)(C)N1[O-].CC1(C)CCCC(C)(C)N1[O-].CC1(C)CCCC(C)(C)N1[O-].CC1(C)CCCC(C)(C)N1[O-].[Th+4]. The van der Waals surface area contributed by atoms with Crippen molar-refractivity contribution in [1.82, 2.24) is 20.3 Å². The molecule has 4 rings (SSSR count). The summed E-state index contributed by atoms with van der Waals surface area (Å²) in [4.78, 5) is 0. The second-order valence-corrected chi connectivity index (χ2v) is 19.1. The van der Waals surface area contributed by atoms with E-state index in [-0.39, 0.29) is 84.3 Å². The monoisotopic (exact) mass is 857 g/mol. The number of hydrogen-bond acceptors (Lipinski definition) is 8. The summed E-state index contributed by atoms with van der Waals surface area (Å²) in [5, 5.41) is 51.8. The van der Waals surface area contributed by atoms with E-state index in [4.69, 9.17) is 0 Å². The third-order valence-electron chi connectivity index (χ3n) is 10.7. The third kappa shape index (κ3) is 12.7. The van der Waals surface area contributed by atoms with Crippen molar-refractivity contribution >= 4 is 0 Å². The van der Waals surface area contributed by atoms with Crippen LogP contribution in [-0.2, 0) is 0 Å². The minimum Gasteiger partial charge on any atom is -0.784 e. The predicted octanol–water partition coefficient (Wildman–Crippen LogP) is 10.1. The van der Waals surface area contributed by atoms with Gasteiger partial charge in [0.15, 0.2) is 0 Å². The Morgan fingerprint density at radius 3 is 0.422 bits per heavy atom. The van der Waals surface area contributed by atoms with Crippen LogP contribution in [0.3, 0.4) is 0 Å². The van der Waals surface area contributed by atoms with Gasteiger partial charge in [-0.2, -0.15) is 0 Å².